The zero-order valence-corrected chi connectivity index (χ0v) is 13.5. The smallest absolute Gasteiger partial charge is 0.203 e. The van der Waals surface area contributed by atoms with Crippen LogP contribution in [0.4, 0.5) is 0 Å². The fraction of sp³-hybridized carbons (Fsp3) is 0.167. The lowest BCUT2D eigenvalue weighted by Crippen LogP contribution is -2.05. The quantitative estimate of drug-likeness (QED) is 0.792. The fourth-order valence-electron chi connectivity index (χ4n) is 2.55. The maximum Gasteiger partial charge on any atom is 0.203 e. The summed E-state index contributed by atoms with van der Waals surface area (Å²) in [6.07, 6.45) is 1.31. The highest BCUT2D eigenvalue weighted by molar-refractivity contribution is 5.85. The van der Waals surface area contributed by atoms with Crippen LogP contribution in [0.5, 0.6) is 23.0 Å². The Hall–Kier alpha value is -3.15. The van der Waals surface area contributed by atoms with Crippen LogP contribution in [0.25, 0.3) is 22.1 Å². The number of fused-ring (bicyclic) bond motifs is 1. The van der Waals surface area contributed by atoms with Gasteiger partial charge >= 0.3 is 0 Å². The lowest BCUT2D eigenvalue weighted by molar-refractivity contribution is 0.333. The Labute approximate surface area is 137 Å². The minimum atomic E-state index is -0.263. The maximum atomic E-state index is 12.8. The van der Waals surface area contributed by atoms with Gasteiger partial charge in [-0.25, -0.2) is 0 Å². The van der Waals surface area contributed by atoms with Crippen molar-refractivity contribution in [1.29, 1.82) is 0 Å². The minimum Gasteiger partial charge on any atom is -0.504 e. The van der Waals surface area contributed by atoms with Crippen LogP contribution in [0.1, 0.15) is 0 Å². The first-order valence-corrected chi connectivity index (χ1v) is 7.14. The first-order valence-electron chi connectivity index (χ1n) is 7.14. The number of phenolic OH excluding ortho intramolecular Hbond substituents is 1. The third kappa shape index (κ3) is 2.42. The van der Waals surface area contributed by atoms with Crippen LogP contribution >= 0.6 is 0 Å². The molecule has 0 radical (unpaired) electrons. The van der Waals surface area contributed by atoms with E-state index >= 15 is 0 Å². The molecule has 0 unspecified atom stereocenters. The van der Waals surface area contributed by atoms with Gasteiger partial charge in [0.25, 0.3) is 0 Å². The van der Waals surface area contributed by atoms with E-state index in [1.165, 1.54) is 27.6 Å². The van der Waals surface area contributed by atoms with Crippen LogP contribution < -0.4 is 19.6 Å². The van der Waals surface area contributed by atoms with Crippen LogP contribution in [0.15, 0.2) is 45.8 Å². The molecule has 0 amide bonds. The van der Waals surface area contributed by atoms with Crippen molar-refractivity contribution < 1.29 is 23.7 Å². The standard InChI is InChI=1S/C18H16O6/c1-21-10-4-5-12-15(8-10)24-9-13(16(12)19)11-6-7-14(22-2)18(23-3)17(11)20/h4-9,20H,1-3H3. The number of ether oxygens (including phenoxy) is 3. The molecule has 1 aromatic heterocycles. The third-order valence-corrected chi connectivity index (χ3v) is 3.79. The van der Waals surface area contributed by atoms with Gasteiger partial charge in [-0.15, -0.1) is 0 Å². The number of hydrogen-bond acceptors (Lipinski definition) is 6. The second-order valence-electron chi connectivity index (χ2n) is 5.04. The number of benzene rings is 2. The molecule has 0 spiro atoms. The molecule has 0 saturated heterocycles. The van der Waals surface area contributed by atoms with Crippen molar-refractivity contribution >= 4 is 11.0 Å². The van der Waals surface area contributed by atoms with Crippen LogP contribution in [0.2, 0.25) is 0 Å². The summed E-state index contributed by atoms with van der Waals surface area (Å²) in [5.74, 6) is 0.933. The number of phenols is 1. The number of rotatable bonds is 4. The van der Waals surface area contributed by atoms with E-state index in [9.17, 15) is 9.90 Å². The van der Waals surface area contributed by atoms with Crippen LogP contribution in [0, 0.1) is 0 Å². The summed E-state index contributed by atoms with van der Waals surface area (Å²) in [6, 6.07) is 8.14. The van der Waals surface area contributed by atoms with Crippen LogP contribution in [-0.2, 0) is 0 Å². The molecular weight excluding hydrogens is 312 g/mol. The minimum absolute atomic E-state index is 0.157. The molecule has 0 aliphatic rings. The molecule has 0 aliphatic heterocycles. The molecule has 0 atom stereocenters. The average molecular weight is 328 g/mol. The van der Waals surface area contributed by atoms with E-state index in [2.05, 4.69) is 0 Å². The van der Waals surface area contributed by atoms with E-state index in [0.29, 0.717) is 28.0 Å². The molecule has 0 fully saturated rings. The second-order valence-corrected chi connectivity index (χ2v) is 5.04. The van der Waals surface area contributed by atoms with Crippen molar-refractivity contribution in [2.75, 3.05) is 21.3 Å². The molecule has 124 valence electrons. The largest absolute Gasteiger partial charge is 0.504 e. The molecular formula is C18H16O6. The molecule has 3 rings (SSSR count). The van der Waals surface area contributed by atoms with Crippen molar-refractivity contribution in [3.8, 4) is 34.1 Å². The molecule has 1 N–H and O–H groups in total. The average Bonchev–Trinajstić information content (AvgIpc) is 2.61. The van der Waals surface area contributed by atoms with Gasteiger partial charge in [0.15, 0.2) is 11.5 Å². The summed E-state index contributed by atoms with van der Waals surface area (Å²) >= 11 is 0. The van der Waals surface area contributed by atoms with E-state index < -0.39 is 0 Å². The van der Waals surface area contributed by atoms with Crippen molar-refractivity contribution in [1.82, 2.24) is 0 Å². The molecule has 6 nitrogen and oxygen atoms in total. The summed E-state index contributed by atoms with van der Waals surface area (Å²) < 4.78 is 21.0. The van der Waals surface area contributed by atoms with E-state index in [-0.39, 0.29) is 22.5 Å². The number of aromatic hydroxyl groups is 1. The van der Waals surface area contributed by atoms with E-state index in [0.717, 1.165) is 0 Å². The van der Waals surface area contributed by atoms with Gasteiger partial charge in [-0.05, 0) is 24.3 Å². The molecule has 2 aromatic carbocycles. The van der Waals surface area contributed by atoms with Crippen LogP contribution in [-0.4, -0.2) is 26.4 Å². The number of hydrogen-bond donors (Lipinski definition) is 1. The van der Waals surface area contributed by atoms with Gasteiger partial charge in [-0.1, -0.05) is 0 Å². The van der Waals surface area contributed by atoms with E-state index in [1.54, 1.807) is 30.3 Å². The van der Waals surface area contributed by atoms with E-state index in [4.69, 9.17) is 18.6 Å². The summed E-state index contributed by atoms with van der Waals surface area (Å²) in [6.45, 7) is 0. The van der Waals surface area contributed by atoms with Gasteiger partial charge in [-0.3, -0.25) is 4.79 Å². The fourth-order valence-corrected chi connectivity index (χ4v) is 2.55. The van der Waals surface area contributed by atoms with Gasteiger partial charge < -0.3 is 23.7 Å². The summed E-state index contributed by atoms with van der Waals surface area (Å²) in [4.78, 5) is 12.8. The van der Waals surface area contributed by atoms with Gasteiger partial charge in [0, 0.05) is 11.6 Å². The predicted octanol–water partition coefficient (Wildman–Crippen LogP) is 3.19. The molecule has 3 aromatic rings. The topological polar surface area (TPSA) is 78.1 Å². The Morgan fingerprint density at radius 2 is 1.75 bits per heavy atom. The first kappa shape index (κ1) is 15.7. The molecule has 0 aliphatic carbocycles. The Morgan fingerprint density at radius 3 is 2.42 bits per heavy atom. The lowest BCUT2D eigenvalue weighted by Gasteiger charge is -2.12. The lowest BCUT2D eigenvalue weighted by atomic mass is 10.0. The van der Waals surface area contributed by atoms with Crippen molar-refractivity contribution in [3.63, 3.8) is 0 Å². The first-order chi connectivity index (χ1) is 11.6. The van der Waals surface area contributed by atoms with Crippen LogP contribution in [0.3, 0.4) is 0 Å². The number of methoxy groups -OCH3 is 3. The Morgan fingerprint density at radius 1 is 0.958 bits per heavy atom. The Balaban J connectivity index is 2.24. The molecule has 6 heteroatoms. The van der Waals surface area contributed by atoms with E-state index in [1.807, 2.05) is 0 Å². The summed E-state index contributed by atoms with van der Waals surface area (Å²) in [5.41, 5.74) is 0.676. The predicted molar refractivity (Wildman–Crippen MR) is 89.2 cm³/mol. The molecule has 0 saturated carbocycles. The molecule has 1 heterocycles. The third-order valence-electron chi connectivity index (χ3n) is 3.79. The highest BCUT2D eigenvalue weighted by Gasteiger charge is 2.19. The van der Waals surface area contributed by atoms with Crippen molar-refractivity contribution in [3.05, 3.63) is 46.8 Å². The highest BCUT2D eigenvalue weighted by atomic mass is 16.5. The van der Waals surface area contributed by atoms with Gasteiger partial charge in [0.1, 0.15) is 17.6 Å². The highest BCUT2D eigenvalue weighted by Crippen LogP contribution is 2.42. The maximum absolute atomic E-state index is 12.8. The monoisotopic (exact) mass is 328 g/mol. The van der Waals surface area contributed by atoms with Crippen molar-refractivity contribution in [2.24, 2.45) is 0 Å². The molecule has 24 heavy (non-hydrogen) atoms. The Kier molecular flexibility index (Phi) is 4.04. The Bertz CT molecular complexity index is 958. The normalized spacial score (nSPS) is 10.6. The van der Waals surface area contributed by atoms with Gasteiger partial charge in [0.05, 0.1) is 32.3 Å². The second kappa shape index (κ2) is 6.16. The van der Waals surface area contributed by atoms with Gasteiger partial charge in [0.2, 0.25) is 11.2 Å². The molecule has 0 bridgehead atoms. The van der Waals surface area contributed by atoms with Gasteiger partial charge in [-0.2, -0.15) is 0 Å². The zero-order valence-electron chi connectivity index (χ0n) is 13.5. The summed E-state index contributed by atoms with van der Waals surface area (Å²) in [7, 11) is 4.42. The SMILES string of the molecule is COc1ccc2c(=O)c(-c3ccc(OC)c(OC)c3O)coc2c1. The zero-order chi connectivity index (χ0) is 17.3. The summed E-state index contributed by atoms with van der Waals surface area (Å²) in [5, 5.41) is 10.8. The van der Waals surface area contributed by atoms with Crippen molar-refractivity contribution in [2.45, 2.75) is 0 Å².